The first-order valence-corrected chi connectivity index (χ1v) is 10.3. The fourth-order valence-electron chi connectivity index (χ4n) is 4.27. The Labute approximate surface area is 172 Å². The second kappa shape index (κ2) is 8.41. The highest BCUT2D eigenvalue weighted by Crippen LogP contribution is 2.32. The number of carbonyl (C=O) groups excluding carboxylic acids is 1. The molecule has 1 aromatic heterocycles. The summed E-state index contributed by atoms with van der Waals surface area (Å²) in [5, 5.41) is 8.87. The van der Waals surface area contributed by atoms with Gasteiger partial charge in [-0.3, -0.25) is 9.69 Å². The van der Waals surface area contributed by atoms with Crippen molar-refractivity contribution in [1.29, 1.82) is 0 Å². The van der Waals surface area contributed by atoms with Gasteiger partial charge in [-0.25, -0.2) is 0 Å². The maximum Gasteiger partial charge on any atom is 0.224 e. The van der Waals surface area contributed by atoms with Gasteiger partial charge in [-0.15, -0.1) is 10.2 Å². The molecule has 1 atom stereocenters. The lowest BCUT2D eigenvalue weighted by Gasteiger charge is -2.28. The zero-order valence-electron chi connectivity index (χ0n) is 17.5. The minimum Gasteiger partial charge on any atom is -0.497 e. The highest BCUT2D eigenvalue weighted by molar-refractivity contribution is 5.77. The number of nitrogens with zero attached hydrogens (tertiary/aromatic N) is 6. The third-order valence-electron chi connectivity index (χ3n) is 6.00. The number of ether oxygens (including phenoxy) is 1. The van der Waals surface area contributed by atoms with Gasteiger partial charge in [-0.1, -0.05) is 6.07 Å². The molecule has 0 N–H and O–H groups in total. The Morgan fingerprint density at radius 1 is 1.28 bits per heavy atom. The van der Waals surface area contributed by atoms with Crippen LogP contribution in [0.5, 0.6) is 5.75 Å². The van der Waals surface area contributed by atoms with Crippen molar-refractivity contribution in [2.45, 2.75) is 38.4 Å². The van der Waals surface area contributed by atoms with E-state index < -0.39 is 0 Å². The highest BCUT2D eigenvalue weighted by atomic mass is 16.5. The molecule has 156 valence electrons. The summed E-state index contributed by atoms with van der Waals surface area (Å²) in [6.45, 7) is 4.17. The molecule has 8 nitrogen and oxygen atoms in total. The molecule has 0 radical (unpaired) electrons. The van der Waals surface area contributed by atoms with E-state index >= 15 is 0 Å². The number of hydrogen-bond acceptors (Lipinski definition) is 6. The number of anilines is 1. The molecule has 0 saturated carbocycles. The van der Waals surface area contributed by atoms with Crippen LogP contribution in [0.15, 0.2) is 24.3 Å². The molecule has 29 heavy (non-hydrogen) atoms. The second-order valence-electron chi connectivity index (χ2n) is 7.98. The fourth-order valence-corrected chi connectivity index (χ4v) is 4.27. The van der Waals surface area contributed by atoms with Crippen molar-refractivity contribution >= 4 is 11.6 Å². The van der Waals surface area contributed by atoms with Crippen LogP contribution in [-0.4, -0.2) is 71.3 Å². The molecule has 1 aromatic carbocycles. The molecule has 1 fully saturated rings. The number of carbonyl (C=O) groups is 1. The molecule has 0 unspecified atom stereocenters. The molecule has 8 heteroatoms. The Morgan fingerprint density at radius 3 is 2.97 bits per heavy atom. The highest BCUT2D eigenvalue weighted by Gasteiger charge is 2.34. The summed E-state index contributed by atoms with van der Waals surface area (Å²) in [7, 11) is 5.77. The van der Waals surface area contributed by atoms with Gasteiger partial charge >= 0.3 is 0 Å². The smallest absolute Gasteiger partial charge is 0.224 e. The molecular formula is C21H30N6O2. The summed E-state index contributed by atoms with van der Waals surface area (Å²) in [6, 6.07) is 7.96. The van der Waals surface area contributed by atoms with Gasteiger partial charge in [-0.05, 0) is 32.0 Å². The molecule has 2 aliphatic rings. The lowest BCUT2D eigenvalue weighted by atomic mass is 10.2. The third-order valence-corrected chi connectivity index (χ3v) is 6.00. The summed E-state index contributed by atoms with van der Waals surface area (Å²) in [4.78, 5) is 19.4. The zero-order chi connectivity index (χ0) is 20.4. The number of fused-ring (bicyclic) bond motifs is 1. The molecule has 2 aliphatic heterocycles. The molecule has 0 bridgehead atoms. The predicted octanol–water partition coefficient (Wildman–Crippen LogP) is 1.92. The van der Waals surface area contributed by atoms with Gasteiger partial charge in [0.25, 0.3) is 0 Å². The van der Waals surface area contributed by atoms with E-state index in [1.54, 1.807) is 7.11 Å². The molecule has 3 heterocycles. The van der Waals surface area contributed by atoms with Gasteiger partial charge in [0.15, 0.2) is 5.82 Å². The molecular weight excluding hydrogens is 368 g/mol. The quantitative estimate of drug-likeness (QED) is 0.741. The van der Waals surface area contributed by atoms with Crippen molar-refractivity contribution < 1.29 is 9.53 Å². The Hall–Kier alpha value is -2.61. The first-order chi connectivity index (χ1) is 14.1. The van der Waals surface area contributed by atoms with Gasteiger partial charge in [-0.2, -0.15) is 0 Å². The molecule has 0 spiro atoms. The van der Waals surface area contributed by atoms with Crippen molar-refractivity contribution in [3.63, 3.8) is 0 Å². The van der Waals surface area contributed by atoms with Crippen LogP contribution < -0.4 is 9.64 Å². The summed E-state index contributed by atoms with van der Waals surface area (Å²) in [6.07, 6.45) is 2.46. The number of likely N-dealkylation sites (N-methyl/N-ethyl adjacent to an activating group) is 1. The molecule has 1 saturated heterocycles. The van der Waals surface area contributed by atoms with Gasteiger partial charge in [0, 0.05) is 51.4 Å². The normalized spacial score (nSPS) is 19.3. The third kappa shape index (κ3) is 4.07. The number of hydrogen-bond donors (Lipinski definition) is 0. The number of likely N-dealkylation sites (tertiary alicyclic amines) is 1. The van der Waals surface area contributed by atoms with Gasteiger partial charge in [0.1, 0.15) is 11.6 Å². The van der Waals surface area contributed by atoms with Crippen molar-refractivity contribution in [3.8, 4) is 5.75 Å². The van der Waals surface area contributed by atoms with Crippen LogP contribution in [0, 0.1) is 0 Å². The number of amides is 1. The average molecular weight is 399 g/mol. The minimum absolute atomic E-state index is 0.0503. The van der Waals surface area contributed by atoms with Crippen LogP contribution >= 0.6 is 0 Å². The SMILES string of the molecule is COc1cccc(N(C)CCC(=O)N2CCC[C@@H]2c2nnc3n2CCN(C)C3)c1. The van der Waals surface area contributed by atoms with Gasteiger partial charge < -0.3 is 19.1 Å². The summed E-state index contributed by atoms with van der Waals surface area (Å²) in [5.41, 5.74) is 1.05. The summed E-state index contributed by atoms with van der Waals surface area (Å²) < 4.78 is 7.52. The maximum absolute atomic E-state index is 13.0. The molecule has 2 aromatic rings. The summed E-state index contributed by atoms with van der Waals surface area (Å²) >= 11 is 0. The average Bonchev–Trinajstić information content (AvgIpc) is 3.38. The van der Waals surface area contributed by atoms with Crippen molar-refractivity contribution in [1.82, 2.24) is 24.6 Å². The first-order valence-electron chi connectivity index (χ1n) is 10.3. The van der Waals surface area contributed by atoms with E-state index in [0.29, 0.717) is 13.0 Å². The molecule has 1 amide bonds. The Kier molecular flexibility index (Phi) is 5.71. The first kappa shape index (κ1) is 19.7. The number of methoxy groups -OCH3 is 1. The summed E-state index contributed by atoms with van der Waals surface area (Å²) in [5.74, 6) is 2.97. The number of rotatable bonds is 6. The van der Waals surface area contributed by atoms with Crippen LogP contribution in [-0.2, 0) is 17.9 Å². The Balaban J connectivity index is 1.41. The largest absolute Gasteiger partial charge is 0.497 e. The van der Waals surface area contributed by atoms with Crippen LogP contribution in [0.4, 0.5) is 5.69 Å². The van der Waals surface area contributed by atoms with Crippen LogP contribution in [0.2, 0.25) is 0 Å². The van der Waals surface area contributed by atoms with E-state index in [1.165, 1.54) is 0 Å². The second-order valence-corrected chi connectivity index (χ2v) is 7.98. The lowest BCUT2D eigenvalue weighted by Crippen LogP contribution is -2.36. The van der Waals surface area contributed by atoms with Crippen molar-refractivity contribution in [3.05, 3.63) is 35.9 Å². The van der Waals surface area contributed by atoms with Crippen LogP contribution in [0.25, 0.3) is 0 Å². The number of benzene rings is 1. The van der Waals surface area contributed by atoms with Crippen molar-refractivity contribution in [2.24, 2.45) is 0 Å². The maximum atomic E-state index is 13.0. The van der Waals surface area contributed by atoms with E-state index in [2.05, 4.69) is 31.6 Å². The van der Waals surface area contributed by atoms with E-state index in [9.17, 15) is 4.79 Å². The minimum atomic E-state index is 0.0503. The van der Waals surface area contributed by atoms with E-state index in [0.717, 1.165) is 62.1 Å². The fraction of sp³-hybridized carbons (Fsp3) is 0.571. The Bertz CT molecular complexity index is 867. The monoisotopic (exact) mass is 398 g/mol. The van der Waals surface area contributed by atoms with Crippen LogP contribution in [0.3, 0.4) is 0 Å². The number of aromatic nitrogens is 3. The molecule has 4 rings (SSSR count). The molecule has 0 aliphatic carbocycles. The van der Waals surface area contributed by atoms with Crippen molar-refractivity contribution in [2.75, 3.05) is 45.7 Å². The van der Waals surface area contributed by atoms with Gasteiger partial charge in [0.2, 0.25) is 5.91 Å². The zero-order valence-corrected chi connectivity index (χ0v) is 17.5. The Morgan fingerprint density at radius 2 is 2.14 bits per heavy atom. The topological polar surface area (TPSA) is 66.7 Å². The van der Waals surface area contributed by atoms with Crippen LogP contribution in [0.1, 0.15) is 37.0 Å². The lowest BCUT2D eigenvalue weighted by molar-refractivity contribution is -0.132. The van der Waals surface area contributed by atoms with Gasteiger partial charge in [0.05, 0.1) is 19.7 Å². The standard InChI is InChI=1S/C21H30N6O2/c1-24-12-13-27-19(15-24)22-23-21(27)18-8-5-10-26(18)20(28)9-11-25(2)16-6-4-7-17(14-16)29-3/h4,6-7,14,18H,5,8-13,15H2,1-3H3/t18-/m1/s1. The van der Waals surface area contributed by atoms with E-state index in [4.69, 9.17) is 4.74 Å². The predicted molar refractivity (Wildman–Crippen MR) is 111 cm³/mol. The van der Waals surface area contributed by atoms with E-state index in [-0.39, 0.29) is 11.9 Å². The van der Waals surface area contributed by atoms with E-state index in [1.807, 2.05) is 36.2 Å².